The highest BCUT2D eigenvalue weighted by Crippen LogP contribution is 2.21. The molecule has 0 bridgehead atoms. The fourth-order valence-electron chi connectivity index (χ4n) is 2.97. The molecule has 0 spiro atoms. The number of ether oxygens (including phenoxy) is 1. The average Bonchev–Trinajstić information content (AvgIpc) is 2.58. The van der Waals surface area contributed by atoms with Crippen LogP contribution in [0, 0.1) is 5.92 Å². The van der Waals surface area contributed by atoms with Crippen molar-refractivity contribution in [1.29, 1.82) is 0 Å². The molecule has 4 heteroatoms. The normalized spacial score (nSPS) is 18.2. The summed E-state index contributed by atoms with van der Waals surface area (Å²) in [4.78, 5) is 14.1. The van der Waals surface area contributed by atoms with Gasteiger partial charge in [0, 0.05) is 13.1 Å². The number of carbonyl (C=O) groups is 1. The molecular formula is C18H28N2O2. The minimum Gasteiger partial charge on any atom is -0.445 e. The zero-order valence-corrected chi connectivity index (χ0v) is 13.6. The van der Waals surface area contributed by atoms with Crippen LogP contribution >= 0.6 is 0 Å². The maximum atomic E-state index is 12.2. The lowest BCUT2D eigenvalue weighted by Crippen LogP contribution is -2.40. The van der Waals surface area contributed by atoms with E-state index in [0.717, 1.165) is 38.2 Å². The van der Waals surface area contributed by atoms with Gasteiger partial charge in [-0.1, -0.05) is 37.3 Å². The first kappa shape index (κ1) is 16.8. The van der Waals surface area contributed by atoms with Crippen LogP contribution in [0.2, 0.25) is 0 Å². The summed E-state index contributed by atoms with van der Waals surface area (Å²) in [5, 5.41) is 3.36. The van der Waals surface area contributed by atoms with Gasteiger partial charge in [0.2, 0.25) is 0 Å². The number of carbonyl (C=O) groups excluding carboxylic acids is 1. The molecule has 1 fully saturated rings. The summed E-state index contributed by atoms with van der Waals surface area (Å²) in [6.07, 6.45) is 4.53. The van der Waals surface area contributed by atoms with E-state index in [1.807, 2.05) is 35.2 Å². The van der Waals surface area contributed by atoms with Gasteiger partial charge < -0.3 is 15.0 Å². The summed E-state index contributed by atoms with van der Waals surface area (Å²) >= 11 is 0. The van der Waals surface area contributed by atoms with Crippen LogP contribution in [0.3, 0.4) is 0 Å². The lowest BCUT2D eigenvalue weighted by Gasteiger charge is -2.32. The Hall–Kier alpha value is -1.55. The predicted octanol–water partition coefficient (Wildman–Crippen LogP) is 3.42. The molecule has 0 saturated carbocycles. The van der Waals surface area contributed by atoms with Crippen LogP contribution in [0.5, 0.6) is 0 Å². The molecule has 0 aliphatic carbocycles. The van der Waals surface area contributed by atoms with Gasteiger partial charge in [-0.05, 0) is 50.3 Å². The number of nitrogens with zero attached hydrogens (tertiary/aromatic N) is 1. The average molecular weight is 304 g/mol. The van der Waals surface area contributed by atoms with E-state index < -0.39 is 0 Å². The lowest BCUT2D eigenvalue weighted by molar-refractivity contribution is 0.0777. The maximum Gasteiger partial charge on any atom is 0.410 e. The van der Waals surface area contributed by atoms with Crippen molar-refractivity contribution >= 4 is 6.09 Å². The van der Waals surface area contributed by atoms with Crippen molar-refractivity contribution in [3.05, 3.63) is 35.9 Å². The Morgan fingerprint density at radius 3 is 2.95 bits per heavy atom. The molecule has 1 unspecified atom stereocenters. The number of piperidine rings is 1. The number of rotatable bonds is 7. The van der Waals surface area contributed by atoms with Crippen LogP contribution in [0.4, 0.5) is 4.79 Å². The minimum atomic E-state index is -0.166. The zero-order valence-electron chi connectivity index (χ0n) is 13.6. The first-order valence-corrected chi connectivity index (χ1v) is 8.46. The highest BCUT2D eigenvalue weighted by atomic mass is 16.6. The van der Waals surface area contributed by atoms with E-state index in [0.29, 0.717) is 12.5 Å². The lowest BCUT2D eigenvalue weighted by atomic mass is 9.93. The summed E-state index contributed by atoms with van der Waals surface area (Å²) in [6, 6.07) is 9.85. The molecule has 1 N–H and O–H groups in total. The first-order chi connectivity index (χ1) is 10.8. The van der Waals surface area contributed by atoms with Crippen molar-refractivity contribution in [3.8, 4) is 0 Å². The van der Waals surface area contributed by atoms with Crippen molar-refractivity contribution in [2.75, 3.05) is 26.2 Å². The molecule has 1 heterocycles. The molecule has 1 saturated heterocycles. The van der Waals surface area contributed by atoms with Gasteiger partial charge in [0.15, 0.2) is 0 Å². The van der Waals surface area contributed by atoms with Gasteiger partial charge in [0.1, 0.15) is 6.61 Å². The molecule has 2 rings (SSSR count). The van der Waals surface area contributed by atoms with E-state index in [1.165, 1.54) is 19.3 Å². The number of nitrogens with one attached hydrogen (secondary N) is 1. The molecule has 1 aliphatic rings. The quantitative estimate of drug-likeness (QED) is 0.785. The van der Waals surface area contributed by atoms with Crippen molar-refractivity contribution in [1.82, 2.24) is 10.2 Å². The molecule has 122 valence electrons. The highest BCUT2D eigenvalue weighted by Gasteiger charge is 2.24. The van der Waals surface area contributed by atoms with E-state index in [9.17, 15) is 4.79 Å². The standard InChI is InChI=1S/C18H28N2O2/c1-2-19-12-6-10-16-11-7-13-20(14-16)18(21)22-15-17-8-4-3-5-9-17/h3-5,8-9,16,19H,2,6-7,10-15H2,1H3. The second-order valence-electron chi connectivity index (χ2n) is 5.99. The van der Waals surface area contributed by atoms with Crippen LogP contribution in [-0.2, 0) is 11.3 Å². The van der Waals surface area contributed by atoms with E-state index >= 15 is 0 Å². The molecule has 0 radical (unpaired) electrons. The molecule has 22 heavy (non-hydrogen) atoms. The molecule has 1 atom stereocenters. The number of hydrogen-bond donors (Lipinski definition) is 1. The Morgan fingerprint density at radius 1 is 1.36 bits per heavy atom. The van der Waals surface area contributed by atoms with E-state index in [2.05, 4.69) is 12.2 Å². The van der Waals surface area contributed by atoms with Crippen molar-refractivity contribution in [2.24, 2.45) is 5.92 Å². The minimum absolute atomic E-state index is 0.166. The first-order valence-electron chi connectivity index (χ1n) is 8.46. The third-order valence-electron chi connectivity index (χ3n) is 4.20. The number of benzene rings is 1. The Morgan fingerprint density at radius 2 is 2.18 bits per heavy atom. The molecule has 0 aromatic heterocycles. The fraction of sp³-hybridized carbons (Fsp3) is 0.611. The van der Waals surface area contributed by atoms with Gasteiger partial charge in [-0.15, -0.1) is 0 Å². The zero-order chi connectivity index (χ0) is 15.6. The van der Waals surface area contributed by atoms with Crippen LogP contribution in [0.15, 0.2) is 30.3 Å². The Labute approximate surface area is 133 Å². The summed E-state index contributed by atoms with van der Waals surface area (Å²) in [6.45, 7) is 6.28. The Bertz CT molecular complexity index is 436. The molecule has 1 aromatic carbocycles. The molecular weight excluding hydrogens is 276 g/mol. The van der Waals surface area contributed by atoms with Gasteiger partial charge in [-0.3, -0.25) is 0 Å². The number of likely N-dealkylation sites (tertiary alicyclic amines) is 1. The fourth-order valence-corrected chi connectivity index (χ4v) is 2.97. The van der Waals surface area contributed by atoms with E-state index in [1.54, 1.807) is 0 Å². The topological polar surface area (TPSA) is 41.6 Å². The second kappa shape index (κ2) is 9.46. The highest BCUT2D eigenvalue weighted by molar-refractivity contribution is 5.67. The monoisotopic (exact) mass is 304 g/mol. The smallest absolute Gasteiger partial charge is 0.410 e. The van der Waals surface area contributed by atoms with Gasteiger partial charge in [-0.2, -0.15) is 0 Å². The van der Waals surface area contributed by atoms with Gasteiger partial charge in [-0.25, -0.2) is 4.79 Å². The van der Waals surface area contributed by atoms with Crippen LogP contribution in [0.25, 0.3) is 0 Å². The summed E-state index contributed by atoms with van der Waals surface area (Å²) < 4.78 is 5.43. The Balaban J connectivity index is 1.70. The predicted molar refractivity (Wildman–Crippen MR) is 88.7 cm³/mol. The number of amides is 1. The van der Waals surface area contributed by atoms with Gasteiger partial charge >= 0.3 is 6.09 Å². The maximum absolute atomic E-state index is 12.2. The summed E-state index contributed by atoms with van der Waals surface area (Å²) in [7, 11) is 0. The van der Waals surface area contributed by atoms with Crippen LogP contribution < -0.4 is 5.32 Å². The van der Waals surface area contributed by atoms with Crippen LogP contribution in [0.1, 0.15) is 38.2 Å². The summed E-state index contributed by atoms with van der Waals surface area (Å²) in [5.74, 6) is 0.622. The van der Waals surface area contributed by atoms with Crippen LogP contribution in [-0.4, -0.2) is 37.2 Å². The van der Waals surface area contributed by atoms with E-state index in [4.69, 9.17) is 4.74 Å². The van der Waals surface area contributed by atoms with Crippen molar-refractivity contribution in [3.63, 3.8) is 0 Å². The molecule has 4 nitrogen and oxygen atoms in total. The molecule has 1 amide bonds. The Kier molecular flexibility index (Phi) is 7.23. The third kappa shape index (κ3) is 5.68. The molecule has 1 aliphatic heterocycles. The largest absolute Gasteiger partial charge is 0.445 e. The third-order valence-corrected chi connectivity index (χ3v) is 4.20. The second-order valence-corrected chi connectivity index (χ2v) is 5.99. The van der Waals surface area contributed by atoms with E-state index in [-0.39, 0.29) is 6.09 Å². The van der Waals surface area contributed by atoms with Gasteiger partial charge in [0.25, 0.3) is 0 Å². The van der Waals surface area contributed by atoms with Gasteiger partial charge in [0.05, 0.1) is 0 Å². The molecule has 1 aromatic rings. The SMILES string of the molecule is CCNCCCC1CCCN(C(=O)OCc2ccccc2)C1. The summed E-state index contributed by atoms with van der Waals surface area (Å²) in [5.41, 5.74) is 1.04. The number of hydrogen-bond acceptors (Lipinski definition) is 3. The van der Waals surface area contributed by atoms with Crippen molar-refractivity contribution < 1.29 is 9.53 Å². The van der Waals surface area contributed by atoms with Crippen molar-refractivity contribution in [2.45, 2.75) is 39.2 Å².